The standard InChI is InChI=1S/C17H41N3OP.C2H6O4S/c1-8-12-15(5)18-22(21-11-4,19-16(6)13-9-2)20-17(7)14-10-3;1-2-6-7(3,4)5/h15-20H,8-14H2,1-7H3;2H2,1H3,(H,3,4,5)/q+1;/p-1. The first-order valence-corrected chi connectivity index (χ1v) is 14.0. The van der Waals surface area contributed by atoms with E-state index in [4.69, 9.17) is 4.52 Å². The Morgan fingerprint density at radius 2 is 1.10 bits per heavy atom. The zero-order valence-electron chi connectivity index (χ0n) is 19.8. The molecule has 0 amide bonds. The lowest BCUT2D eigenvalue weighted by molar-refractivity contribution is 0.275. The van der Waals surface area contributed by atoms with Gasteiger partial charge in [-0.25, -0.2) is 8.42 Å². The molecule has 0 bridgehead atoms. The lowest BCUT2D eigenvalue weighted by atomic mass is 10.2. The summed E-state index contributed by atoms with van der Waals surface area (Å²) in [7, 11) is -6.43. The second-order valence-corrected chi connectivity index (χ2v) is 10.6. The maximum Gasteiger partial charge on any atom is 0.363 e. The summed E-state index contributed by atoms with van der Waals surface area (Å²) in [5.41, 5.74) is 0. The van der Waals surface area contributed by atoms with Crippen LogP contribution in [0.2, 0.25) is 0 Å². The van der Waals surface area contributed by atoms with Crippen LogP contribution in [0.5, 0.6) is 0 Å². The molecule has 0 radical (unpaired) electrons. The van der Waals surface area contributed by atoms with E-state index in [1.165, 1.54) is 45.4 Å². The molecule has 0 aliphatic heterocycles. The largest absolute Gasteiger partial charge is 0.726 e. The molecule has 0 rings (SSSR count). The van der Waals surface area contributed by atoms with Gasteiger partial charge in [-0.15, -0.1) is 15.3 Å². The molecule has 0 aliphatic rings. The third kappa shape index (κ3) is 18.6. The Kier molecular flexibility index (Phi) is 19.2. The van der Waals surface area contributed by atoms with Crippen molar-refractivity contribution in [2.24, 2.45) is 0 Å². The van der Waals surface area contributed by atoms with E-state index in [9.17, 15) is 13.0 Å². The fourth-order valence-electron chi connectivity index (χ4n) is 2.99. The Balaban J connectivity index is 0. The fraction of sp³-hybridized carbons (Fsp3) is 1.00. The average Bonchev–Trinajstić information content (AvgIpc) is 2.54. The van der Waals surface area contributed by atoms with Gasteiger partial charge in [0, 0.05) is 18.1 Å². The van der Waals surface area contributed by atoms with E-state index >= 15 is 0 Å². The molecule has 0 heterocycles. The zero-order valence-corrected chi connectivity index (χ0v) is 21.5. The molecule has 178 valence electrons. The highest BCUT2D eigenvalue weighted by atomic mass is 32.3. The van der Waals surface area contributed by atoms with Gasteiger partial charge in [0.2, 0.25) is 10.4 Å². The van der Waals surface area contributed by atoms with Crippen LogP contribution in [0.3, 0.4) is 0 Å². The van der Waals surface area contributed by atoms with Crippen molar-refractivity contribution in [3.63, 3.8) is 0 Å². The molecule has 0 saturated carbocycles. The van der Waals surface area contributed by atoms with Crippen LogP contribution in [0.1, 0.15) is 93.9 Å². The molecule has 0 aromatic rings. The quantitative estimate of drug-likeness (QED) is 0.175. The van der Waals surface area contributed by atoms with Crippen LogP contribution in [0.15, 0.2) is 0 Å². The minimum absolute atomic E-state index is 0.0914. The van der Waals surface area contributed by atoms with Gasteiger partial charge in [0.1, 0.15) is 0 Å². The summed E-state index contributed by atoms with van der Waals surface area (Å²) in [6, 6.07) is 1.35. The van der Waals surface area contributed by atoms with Gasteiger partial charge in [-0.2, -0.15) is 4.52 Å². The molecule has 3 atom stereocenters. The highest BCUT2D eigenvalue weighted by molar-refractivity contribution is 7.80. The Hall–Kier alpha value is 0.140. The molecule has 29 heavy (non-hydrogen) atoms. The highest BCUT2D eigenvalue weighted by Gasteiger charge is 2.44. The summed E-state index contributed by atoms with van der Waals surface area (Å²) in [6.45, 7) is 17.6. The van der Waals surface area contributed by atoms with Crippen LogP contribution in [0.25, 0.3) is 0 Å². The summed E-state index contributed by atoms with van der Waals surface area (Å²) in [6.07, 6.45) is 7.08. The van der Waals surface area contributed by atoms with Crippen LogP contribution in [-0.2, 0) is 19.1 Å². The van der Waals surface area contributed by atoms with E-state index < -0.39 is 18.3 Å². The third-order valence-corrected chi connectivity index (χ3v) is 7.54. The van der Waals surface area contributed by atoms with Crippen molar-refractivity contribution in [1.29, 1.82) is 0 Å². The molecule has 0 spiro atoms. The first-order valence-electron chi connectivity index (χ1n) is 11.0. The van der Waals surface area contributed by atoms with E-state index in [1.54, 1.807) is 0 Å². The second-order valence-electron chi connectivity index (χ2n) is 7.30. The van der Waals surface area contributed by atoms with Crippen molar-refractivity contribution >= 4 is 18.3 Å². The minimum atomic E-state index is -4.42. The van der Waals surface area contributed by atoms with E-state index in [-0.39, 0.29) is 6.61 Å². The SMILES string of the molecule is CCCC(C)N[P+](NC(C)CCC)(NC(C)CCC)OCC.CCOS(=O)(=O)[O-]. The summed E-state index contributed by atoms with van der Waals surface area (Å²) in [5.74, 6) is 0. The van der Waals surface area contributed by atoms with Crippen LogP contribution in [-0.4, -0.2) is 44.3 Å². The first kappa shape index (κ1) is 31.3. The molecular weight excluding hydrogens is 413 g/mol. The molecule has 0 saturated heterocycles. The molecular formula is C19H46N3O5PS. The topological polar surface area (TPSA) is 112 Å². The van der Waals surface area contributed by atoms with Crippen LogP contribution < -0.4 is 15.3 Å². The van der Waals surface area contributed by atoms with E-state index in [0.29, 0.717) is 18.1 Å². The molecule has 3 N–H and O–H groups in total. The van der Waals surface area contributed by atoms with E-state index in [1.807, 2.05) is 0 Å². The zero-order chi connectivity index (χ0) is 22.9. The molecule has 0 fully saturated rings. The predicted octanol–water partition coefficient (Wildman–Crippen LogP) is 4.52. The first-order chi connectivity index (χ1) is 13.5. The maximum atomic E-state index is 9.45. The van der Waals surface area contributed by atoms with E-state index in [0.717, 1.165) is 6.61 Å². The third-order valence-electron chi connectivity index (χ3n) is 3.96. The number of hydrogen-bond donors (Lipinski definition) is 3. The Morgan fingerprint density at radius 3 is 1.28 bits per heavy atom. The number of hydrogen-bond acceptors (Lipinski definition) is 8. The average molecular weight is 460 g/mol. The van der Waals surface area contributed by atoms with Gasteiger partial charge in [0.15, 0.2) is 0 Å². The smallest absolute Gasteiger partial charge is 0.363 e. The van der Waals surface area contributed by atoms with Crippen molar-refractivity contribution < 1.29 is 21.7 Å². The van der Waals surface area contributed by atoms with Gasteiger partial charge in [-0.05, 0) is 53.9 Å². The molecule has 0 aliphatic carbocycles. The van der Waals surface area contributed by atoms with Crippen molar-refractivity contribution in [3.05, 3.63) is 0 Å². The van der Waals surface area contributed by atoms with Gasteiger partial charge >= 0.3 is 7.94 Å². The molecule has 10 heteroatoms. The minimum Gasteiger partial charge on any atom is -0.726 e. The van der Waals surface area contributed by atoms with Crippen LogP contribution >= 0.6 is 7.94 Å². The lowest BCUT2D eigenvalue weighted by Crippen LogP contribution is -2.48. The van der Waals surface area contributed by atoms with Gasteiger partial charge in [-0.3, -0.25) is 4.18 Å². The van der Waals surface area contributed by atoms with E-state index in [2.05, 4.69) is 67.9 Å². The summed E-state index contributed by atoms with van der Waals surface area (Å²) in [5, 5.41) is 11.3. The van der Waals surface area contributed by atoms with Gasteiger partial charge in [0.25, 0.3) is 0 Å². The van der Waals surface area contributed by atoms with Gasteiger partial charge in [0.05, 0.1) is 13.2 Å². The van der Waals surface area contributed by atoms with Gasteiger partial charge < -0.3 is 4.55 Å². The molecule has 0 aromatic heterocycles. The fourth-order valence-corrected chi connectivity index (χ4v) is 6.36. The Labute approximate surface area is 180 Å². The van der Waals surface area contributed by atoms with Crippen molar-refractivity contribution in [2.75, 3.05) is 13.2 Å². The molecule has 3 unspecified atom stereocenters. The second kappa shape index (κ2) is 17.8. The Morgan fingerprint density at radius 1 is 0.759 bits per heavy atom. The van der Waals surface area contributed by atoms with Gasteiger partial charge in [-0.1, -0.05) is 40.0 Å². The monoisotopic (exact) mass is 459 g/mol. The lowest BCUT2D eigenvalue weighted by Gasteiger charge is -2.32. The maximum absolute atomic E-state index is 9.45. The Bertz CT molecular complexity index is 446. The van der Waals surface area contributed by atoms with Crippen molar-refractivity contribution in [3.8, 4) is 0 Å². The number of rotatable bonds is 16. The summed E-state index contributed by atoms with van der Waals surface area (Å²) in [4.78, 5) is 0. The summed E-state index contributed by atoms with van der Waals surface area (Å²) < 4.78 is 38.3. The van der Waals surface area contributed by atoms with Crippen LogP contribution in [0.4, 0.5) is 0 Å². The highest BCUT2D eigenvalue weighted by Crippen LogP contribution is 2.49. The normalized spacial score (nSPS) is 17.0. The number of nitrogens with one attached hydrogen (secondary N) is 3. The summed E-state index contributed by atoms with van der Waals surface area (Å²) >= 11 is 0. The molecule has 0 aromatic carbocycles. The van der Waals surface area contributed by atoms with Crippen LogP contribution in [0, 0.1) is 0 Å². The molecule has 8 nitrogen and oxygen atoms in total. The predicted molar refractivity (Wildman–Crippen MR) is 122 cm³/mol. The van der Waals surface area contributed by atoms with Crippen molar-refractivity contribution in [1.82, 2.24) is 15.3 Å². The van der Waals surface area contributed by atoms with Crippen molar-refractivity contribution in [2.45, 2.75) is 112 Å².